The normalized spacial score (nSPS) is 16.8. The van der Waals surface area contributed by atoms with E-state index in [1.807, 2.05) is 16.7 Å². The molecule has 1 fully saturated rings. The molecule has 1 aromatic carbocycles. The molecule has 1 N–H and O–H groups in total. The van der Waals surface area contributed by atoms with Gasteiger partial charge in [0, 0.05) is 37.4 Å². The van der Waals surface area contributed by atoms with Crippen LogP contribution in [-0.2, 0) is 10.2 Å². The summed E-state index contributed by atoms with van der Waals surface area (Å²) in [5.41, 5.74) is -1.13. The lowest BCUT2D eigenvalue weighted by Gasteiger charge is -2.44. The van der Waals surface area contributed by atoms with Crippen LogP contribution in [0.5, 0.6) is 17.4 Å². The van der Waals surface area contributed by atoms with Crippen LogP contribution in [0.2, 0.25) is 0 Å². The molecule has 1 aliphatic heterocycles. The SMILES string of the molecule is CC[C@@H](Oc1ccc(C(=O)NS(=O)(=O)N2CCN(C)CC2(C)C)c(F)c1F)c1ccc(Oc2ccccn2)cn1. The quantitative estimate of drug-likeness (QED) is 0.406. The molecular weight excluding hydrogens is 544 g/mol. The van der Waals surface area contributed by atoms with Gasteiger partial charge in [0.05, 0.1) is 17.5 Å². The molecule has 214 valence electrons. The fourth-order valence-corrected chi connectivity index (χ4v) is 6.02. The van der Waals surface area contributed by atoms with Gasteiger partial charge in [0.25, 0.3) is 5.91 Å². The first-order chi connectivity index (χ1) is 18.9. The third-order valence-corrected chi connectivity index (χ3v) is 8.11. The van der Waals surface area contributed by atoms with E-state index >= 15 is 4.39 Å². The maximum absolute atomic E-state index is 15.0. The highest BCUT2D eigenvalue weighted by molar-refractivity contribution is 7.87. The van der Waals surface area contributed by atoms with Crippen molar-refractivity contribution < 1.29 is 31.5 Å². The van der Waals surface area contributed by atoms with Gasteiger partial charge in [-0.25, -0.2) is 14.1 Å². The first-order valence-corrected chi connectivity index (χ1v) is 14.1. The zero-order valence-corrected chi connectivity index (χ0v) is 23.4. The maximum atomic E-state index is 15.0. The topological polar surface area (TPSA) is 114 Å². The van der Waals surface area contributed by atoms with Gasteiger partial charge in [0.1, 0.15) is 11.9 Å². The van der Waals surface area contributed by atoms with E-state index in [2.05, 4.69) is 9.97 Å². The van der Waals surface area contributed by atoms with Crippen LogP contribution in [0, 0.1) is 11.6 Å². The van der Waals surface area contributed by atoms with Gasteiger partial charge in [0.2, 0.25) is 11.7 Å². The molecule has 1 aliphatic rings. The molecule has 0 saturated carbocycles. The summed E-state index contributed by atoms with van der Waals surface area (Å²) in [6, 6.07) is 10.6. The zero-order valence-electron chi connectivity index (χ0n) is 22.6. The molecule has 2 aromatic heterocycles. The summed E-state index contributed by atoms with van der Waals surface area (Å²) < 4.78 is 70.2. The molecule has 3 aromatic rings. The van der Waals surface area contributed by atoms with Crippen molar-refractivity contribution in [2.45, 2.75) is 38.8 Å². The summed E-state index contributed by atoms with van der Waals surface area (Å²) in [6.45, 7) is 6.26. The number of likely N-dealkylation sites (N-methyl/N-ethyl adjacent to an activating group) is 1. The molecule has 1 saturated heterocycles. The number of pyridine rings is 2. The molecule has 0 bridgehead atoms. The Morgan fingerprint density at radius 1 is 1.10 bits per heavy atom. The molecular formula is C27H31F2N5O5S. The van der Waals surface area contributed by atoms with Gasteiger partial charge in [-0.05, 0) is 57.6 Å². The molecule has 1 atom stereocenters. The van der Waals surface area contributed by atoms with Crippen LogP contribution in [0.4, 0.5) is 8.78 Å². The van der Waals surface area contributed by atoms with E-state index in [0.29, 0.717) is 36.8 Å². The number of carbonyl (C=O) groups is 1. The number of hydrogen-bond donors (Lipinski definition) is 1. The third kappa shape index (κ3) is 6.54. The number of ether oxygens (including phenoxy) is 2. The molecule has 40 heavy (non-hydrogen) atoms. The van der Waals surface area contributed by atoms with Crippen LogP contribution in [0.3, 0.4) is 0 Å². The lowest BCUT2D eigenvalue weighted by atomic mass is 10.0. The van der Waals surface area contributed by atoms with Gasteiger partial charge < -0.3 is 14.4 Å². The Morgan fingerprint density at radius 3 is 2.50 bits per heavy atom. The monoisotopic (exact) mass is 575 g/mol. The Kier molecular flexibility index (Phi) is 8.66. The summed E-state index contributed by atoms with van der Waals surface area (Å²) in [5.74, 6) is -3.85. The van der Waals surface area contributed by atoms with Gasteiger partial charge in [-0.3, -0.25) is 9.78 Å². The van der Waals surface area contributed by atoms with E-state index in [1.54, 1.807) is 57.3 Å². The Balaban J connectivity index is 1.47. The minimum atomic E-state index is -4.32. The molecule has 1 amide bonds. The number of nitrogens with one attached hydrogen (secondary N) is 1. The number of nitrogens with zero attached hydrogens (tertiary/aromatic N) is 4. The summed E-state index contributed by atoms with van der Waals surface area (Å²) in [4.78, 5) is 23.1. The third-order valence-electron chi connectivity index (χ3n) is 6.41. The minimum absolute atomic E-state index is 0.137. The Labute approximate surface area is 232 Å². The van der Waals surface area contributed by atoms with Crippen LogP contribution < -0.4 is 14.2 Å². The van der Waals surface area contributed by atoms with E-state index in [0.717, 1.165) is 16.4 Å². The lowest BCUT2D eigenvalue weighted by molar-refractivity contribution is 0.0918. The molecule has 0 radical (unpaired) electrons. The number of benzene rings is 1. The zero-order chi connectivity index (χ0) is 29.1. The van der Waals surface area contributed by atoms with Crippen molar-refractivity contribution in [2.75, 3.05) is 26.7 Å². The summed E-state index contributed by atoms with van der Waals surface area (Å²) in [6.07, 6.45) is 2.68. The Bertz CT molecular complexity index is 1460. The number of amides is 1. The second-order valence-corrected chi connectivity index (χ2v) is 11.6. The molecule has 0 unspecified atom stereocenters. The largest absolute Gasteiger partial charge is 0.481 e. The van der Waals surface area contributed by atoms with Crippen LogP contribution in [0.25, 0.3) is 0 Å². The number of aromatic nitrogens is 2. The summed E-state index contributed by atoms with van der Waals surface area (Å²) >= 11 is 0. The van der Waals surface area contributed by atoms with E-state index < -0.39 is 50.7 Å². The van der Waals surface area contributed by atoms with E-state index in [4.69, 9.17) is 9.47 Å². The smallest absolute Gasteiger partial charge is 0.304 e. The predicted molar refractivity (Wildman–Crippen MR) is 143 cm³/mol. The highest BCUT2D eigenvalue weighted by Gasteiger charge is 2.41. The fraction of sp³-hybridized carbons (Fsp3) is 0.370. The van der Waals surface area contributed by atoms with Crippen LogP contribution in [0.1, 0.15) is 49.3 Å². The van der Waals surface area contributed by atoms with Crippen molar-refractivity contribution in [2.24, 2.45) is 0 Å². The maximum Gasteiger partial charge on any atom is 0.304 e. The van der Waals surface area contributed by atoms with Crippen molar-refractivity contribution in [1.82, 2.24) is 23.9 Å². The highest BCUT2D eigenvalue weighted by atomic mass is 32.2. The van der Waals surface area contributed by atoms with Crippen LogP contribution >= 0.6 is 0 Å². The van der Waals surface area contributed by atoms with Crippen molar-refractivity contribution in [1.29, 1.82) is 0 Å². The second kappa shape index (κ2) is 11.8. The van der Waals surface area contributed by atoms with Crippen molar-refractivity contribution in [3.63, 3.8) is 0 Å². The molecule has 0 spiro atoms. The number of carbonyl (C=O) groups excluding carboxylic acids is 1. The molecule has 4 rings (SSSR count). The standard InChI is InChI=1S/C27H31F2N5O5S/c1-5-21(20-11-9-18(16-31-20)38-23-8-6-7-13-30-23)39-22-12-10-19(24(28)25(22)29)26(35)32-40(36,37)34-15-14-33(4)17-27(34,2)3/h6-13,16,21H,5,14-15,17H2,1-4H3,(H,32,35)/t21-/m1/s1. The minimum Gasteiger partial charge on any atom is -0.481 e. The fourth-order valence-electron chi connectivity index (χ4n) is 4.53. The summed E-state index contributed by atoms with van der Waals surface area (Å²) in [7, 11) is -2.46. The van der Waals surface area contributed by atoms with Gasteiger partial charge in [-0.1, -0.05) is 13.0 Å². The van der Waals surface area contributed by atoms with Crippen LogP contribution in [-0.4, -0.2) is 65.7 Å². The second-order valence-electron chi connectivity index (χ2n) is 10.0. The average Bonchev–Trinajstić information content (AvgIpc) is 2.89. The summed E-state index contributed by atoms with van der Waals surface area (Å²) in [5, 5.41) is 0. The van der Waals surface area contributed by atoms with Crippen molar-refractivity contribution in [3.8, 4) is 17.4 Å². The first-order valence-electron chi connectivity index (χ1n) is 12.6. The highest BCUT2D eigenvalue weighted by Crippen LogP contribution is 2.30. The average molecular weight is 576 g/mol. The number of halogens is 2. The van der Waals surface area contributed by atoms with Crippen molar-refractivity contribution in [3.05, 3.63) is 77.8 Å². The predicted octanol–water partition coefficient (Wildman–Crippen LogP) is 4.08. The van der Waals surface area contributed by atoms with E-state index in [9.17, 15) is 17.6 Å². The van der Waals surface area contributed by atoms with Gasteiger partial charge in [-0.15, -0.1) is 0 Å². The van der Waals surface area contributed by atoms with Crippen LogP contribution in [0.15, 0.2) is 54.9 Å². The van der Waals surface area contributed by atoms with E-state index in [-0.39, 0.29) is 6.54 Å². The molecule has 3 heterocycles. The number of hydrogen-bond acceptors (Lipinski definition) is 8. The molecule has 10 nitrogen and oxygen atoms in total. The Morgan fingerprint density at radius 2 is 1.88 bits per heavy atom. The van der Waals surface area contributed by atoms with E-state index in [1.165, 1.54) is 6.20 Å². The molecule has 13 heteroatoms. The van der Waals surface area contributed by atoms with Gasteiger partial charge in [-0.2, -0.15) is 17.1 Å². The number of piperazine rings is 1. The van der Waals surface area contributed by atoms with Crippen molar-refractivity contribution >= 4 is 16.1 Å². The molecule has 0 aliphatic carbocycles. The lowest BCUT2D eigenvalue weighted by Crippen LogP contribution is -2.62. The van der Waals surface area contributed by atoms with Gasteiger partial charge >= 0.3 is 10.2 Å². The Hall–Kier alpha value is -3.68. The first kappa shape index (κ1) is 29.3. The number of rotatable bonds is 9. The van der Waals surface area contributed by atoms with Gasteiger partial charge in [0.15, 0.2) is 11.6 Å².